The second kappa shape index (κ2) is 8.01. The molecule has 0 spiro atoms. The van der Waals surface area contributed by atoms with Gasteiger partial charge in [0.2, 0.25) is 0 Å². The maximum Gasteiger partial charge on any atom is 0.251 e. The number of amides is 1. The Balaban J connectivity index is 1.50. The van der Waals surface area contributed by atoms with Crippen molar-refractivity contribution >= 4 is 11.7 Å². The molecule has 1 aromatic carbocycles. The van der Waals surface area contributed by atoms with Gasteiger partial charge in [-0.1, -0.05) is 0 Å². The Morgan fingerprint density at radius 2 is 1.73 bits per heavy atom. The van der Waals surface area contributed by atoms with Gasteiger partial charge in [-0.3, -0.25) is 4.79 Å². The summed E-state index contributed by atoms with van der Waals surface area (Å²) in [4.78, 5) is 24.7. The van der Waals surface area contributed by atoms with E-state index in [9.17, 15) is 9.59 Å². The van der Waals surface area contributed by atoms with E-state index >= 15 is 0 Å². The SMILES string of the molecule is COc1ccc(C(=O)NC(C)(C)CC23CC4CC(CC(C4)[C@H]2CCC(C)=O)C3)cc1. The number of benzene rings is 1. The maximum atomic E-state index is 12.9. The van der Waals surface area contributed by atoms with Crippen LogP contribution in [0.3, 0.4) is 0 Å². The highest BCUT2D eigenvalue weighted by Gasteiger charge is 2.57. The van der Waals surface area contributed by atoms with E-state index in [-0.39, 0.29) is 16.9 Å². The van der Waals surface area contributed by atoms with Gasteiger partial charge < -0.3 is 14.8 Å². The Morgan fingerprint density at radius 3 is 2.30 bits per heavy atom. The van der Waals surface area contributed by atoms with Gasteiger partial charge in [-0.2, -0.15) is 0 Å². The standard InChI is InChI=1S/C26H37NO3/c1-17(28)5-10-23-21-12-18-11-19(13-21)15-26(23,14-18)16-25(2,3)27-24(29)20-6-8-22(30-4)9-7-20/h6-9,18-19,21,23H,5,10-16H2,1-4H3,(H,27,29)/t18?,19?,21?,23-,26?/m1/s1. The molecule has 2 unspecified atom stereocenters. The lowest BCUT2D eigenvalue weighted by Crippen LogP contribution is -2.57. The van der Waals surface area contributed by atoms with E-state index in [0.29, 0.717) is 23.7 Å². The second-order valence-electron chi connectivity index (χ2n) is 11.1. The number of hydrogen-bond acceptors (Lipinski definition) is 3. The maximum absolute atomic E-state index is 12.9. The van der Waals surface area contributed by atoms with Crippen LogP contribution in [-0.4, -0.2) is 24.3 Å². The number of methoxy groups -OCH3 is 1. The van der Waals surface area contributed by atoms with Gasteiger partial charge >= 0.3 is 0 Å². The normalized spacial score (nSPS) is 32.1. The van der Waals surface area contributed by atoms with Crippen LogP contribution in [0.1, 0.15) is 82.5 Å². The van der Waals surface area contributed by atoms with Gasteiger partial charge in [-0.15, -0.1) is 0 Å². The molecule has 5 rings (SSSR count). The molecule has 0 aliphatic heterocycles. The Kier molecular flexibility index (Phi) is 5.71. The molecule has 30 heavy (non-hydrogen) atoms. The summed E-state index contributed by atoms with van der Waals surface area (Å²) in [6, 6.07) is 7.31. The summed E-state index contributed by atoms with van der Waals surface area (Å²) in [7, 11) is 1.63. The largest absolute Gasteiger partial charge is 0.497 e. The summed E-state index contributed by atoms with van der Waals surface area (Å²) in [6.45, 7) is 6.08. The van der Waals surface area contributed by atoms with E-state index in [1.165, 1.54) is 32.1 Å². The molecule has 0 radical (unpaired) electrons. The first-order valence-electron chi connectivity index (χ1n) is 11.7. The van der Waals surface area contributed by atoms with Gasteiger partial charge in [-0.25, -0.2) is 0 Å². The molecule has 4 nitrogen and oxygen atoms in total. The number of rotatable bonds is 8. The number of Topliss-reactive ketones (excluding diaryl/α,β-unsaturated/α-hetero) is 1. The van der Waals surface area contributed by atoms with Gasteiger partial charge in [0.25, 0.3) is 5.91 Å². The molecular formula is C26H37NO3. The summed E-state index contributed by atoms with van der Waals surface area (Å²) in [5.41, 5.74) is 0.667. The third-order valence-electron chi connectivity index (χ3n) is 8.09. The average Bonchev–Trinajstić information content (AvgIpc) is 2.65. The lowest BCUT2D eigenvalue weighted by atomic mass is 9.42. The number of ether oxygens (including phenoxy) is 1. The quantitative estimate of drug-likeness (QED) is 0.623. The van der Waals surface area contributed by atoms with Crippen LogP contribution in [0, 0.1) is 29.1 Å². The van der Waals surface area contributed by atoms with E-state index in [2.05, 4.69) is 19.2 Å². The first-order chi connectivity index (χ1) is 14.2. The van der Waals surface area contributed by atoms with Crippen LogP contribution < -0.4 is 10.1 Å². The van der Waals surface area contributed by atoms with E-state index in [1.807, 2.05) is 24.3 Å². The van der Waals surface area contributed by atoms with Gasteiger partial charge in [0.05, 0.1) is 7.11 Å². The van der Waals surface area contributed by atoms with Crippen molar-refractivity contribution in [1.29, 1.82) is 0 Å². The highest BCUT2D eigenvalue weighted by atomic mass is 16.5. The van der Waals surface area contributed by atoms with Gasteiger partial charge in [0, 0.05) is 17.5 Å². The fourth-order valence-corrected chi connectivity index (χ4v) is 7.54. The highest BCUT2D eigenvalue weighted by molar-refractivity contribution is 5.94. The zero-order valence-corrected chi connectivity index (χ0v) is 19.0. The molecule has 4 aliphatic rings. The molecule has 164 valence electrons. The van der Waals surface area contributed by atoms with Crippen molar-refractivity contribution in [3.8, 4) is 5.75 Å². The van der Waals surface area contributed by atoms with Crippen LogP contribution in [0.15, 0.2) is 24.3 Å². The van der Waals surface area contributed by atoms with Crippen molar-refractivity contribution in [3.63, 3.8) is 0 Å². The summed E-state index contributed by atoms with van der Waals surface area (Å²) >= 11 is 0. The molecule has 0 saturated heterocycles. The number of carbonyl (C=O) groups is 2. The van der Waals surface area contributed by atoms with Gasteiger partial charge in [0.1, 0.15) is 11.5 Å². The minimum atomic E-state index is -0.281. The zero-order chi connectivity index (χ0) is 21.5. The van der Waals surface area contributed by atoms with Crippen LogP contribution >= 0.6 is 0 Å². The van der Waals surface area contributed by atoms with Crippen LogP contribution in [0.5, 0.6) is 5.75 Å². The summed E-state index contributed by atoms with van der Waals surface area (Å²) < 4.78 is 5.20. The van der Waals surface area contributed by atoms with Gasteiger partial charge in [0.15, 0.2) is 0 Å². The zero-order valence-electron chi connectivity index (χ0n) is 19.0. The third kappa shape index (κ3) is 4.29. The van der Waals surface area contributed by atoms with Gasteiger partial charge in [-0.05, 0) is 119 Å². The predicted octanol–water partition coefficient (Wildman–Crippen LogP) is 5.41. The van der Waals surface area contributed by atoms with E-state index in [0.717, 1.165) is 36.3 Å². The highest BCUT2D eigenvalue weighted by Crippen LogP contribution is 2.66. The Morgan fingerprint density at radius 1 is 1.10 bits per heavy atom. The first kappa shape index (κ1) is 21.4. The lowest BCUT2D eigenvalue weighted by molar-refractivity contribution is -0.130. The topological polar surface area (TPSA) is 55.4 Å². The van der Waals surface area contributed by atoms with Crippen LogP contribution in [-0.2, 0) is 4.79 Å². The Labute approximate surface area is 181 Å². The number of carbonyl (C=O) groups excluding carboxylic acids is 2. The molecule has 4 bridgehead atoms. The first-order valence-corrected chi connectivity index (χ1v) is 11.7. The molecule has 3 atom stereocenters. The van der Waals surface area contributed by atoms with Crippen molar-refractivity contribution in [1.82, 2.24) is 5.32 Å². The third-order valence-corrected chi connectivity index (χ3v) is 8.09. The fraction of sp³-hybridized carbons (Fsp3) is 0.692. The van der Waals surface area contributed by atoms with Crippen LogP contribution in [0.2, 0.25) is 0 Å². The molecular weight excluding hydrogens is 374 g/mol. The van der Waals surface area contributed by atoms with Crippen molar-refractivity contribution in [3.05, 3.63) is 29.8 Å². The molecule has 0 aromatic heterocycles. The molecule has 4 fully saturated rings. The van der Waals surface area contributed by atoms with Crippen molar-refractivity contribution < 1.29 is 14.3 Å². The van der Waals surface area contributed by atoms with E-state index in [4.69, 9.17) is 4.74 Å². The second-order valence-corrected chi connectivity index (χ2v) is 11.1. The molecule has 1 aromatic rings. The van der Waals surface area contributed by atoms with E-state index < -0.39 is 0 Å². The van der Waals surface area contributed by atoms with Crippen molar-refractivity contribution in [2.45, 2.75) is 77.7 Å². The predicted molar refractivity (Wildman–Crippen MR) is 119 cm³/mol. The molecule has 4 heteroatoms. The Bertz CT molecular complexity index is 783. The summed E-state index contributed by atoms with van der Waals surface area (Å²) in [5.74, 6) is 4.16. The fourth-order valence-electron chi connectivity index (χ4n) is 7.54. The number of hydrogen-bond donors (Lipinski definition) is 1. The number of nitrogens with one attached hydrogen (secondary N) is 1. The van der Waals surface area contributed by atoms with Crippen molar-refractivity contribution in [2.24, 2.45) is 29.1 Å². The van der Waals surface area contributed by atoms with Crippen LogP contribution in [0.25, 0.3) is 0 Å². The van der Waals surface area contributed by atoms with Crippen molar-refractivity contribution in [2.75, 3.05) is 7.11 Å². The minimum Gasteiger partial charge on any atom is -0.497 e. The smallest absolute Gasteiger partial charge is 0.251 e. The molecule has 4 aliphatic carbocycles. The number of ketones is 1. The average molecular weight is 412 g/mol. The molecule has 1 amide bonds. The van der Waals surface area contributed by atoms with Crippen LogP contribution in [0.4, 0.5) is 0 Å². The lowest BCUT2D eigenvalue weighted by Gasteiger charge is -2.63. The van der Waals surface area contributed by atoms with E-state index in [1.54, 1.807) is 14.0 Å². The Hall–Kier alpha value is -1.84. The minimum absolute atomic E-state index is 0.0207. The molecule has 1 N–H and O–H groups in total. The molecule has 0 heterocycles. The summed E-state index contributed by atoms with van der Waals surface area (Å²) in [6.07, 6.45) is 9.43. The monoisotopic (exact) mass is 411 g/mol. The summed E-state index contributed by atoms with van der Waals surface area (Å²) in [5, 5.41) is 3.32. The molecule has 4 saturated carbocycles.